The number of carbonyl (C=O) groups excluding carboxylic acids is 1. The van der Waals surface area contributed by atoms with Crippen LogP contribution < -0.4 is 13.6 Å². The zero-order valence-electron chi connectivity index (χ0n) is 31.1. The van der Waals surface area contributed by atoms with Crippen molar-refractivity contribution in [1.82, 2.24) is 0 Å². The number of ether oxygens (including phenoxy) is 2. The van der Waals surface area contributed by atoms with Crippen molar-refractivity contribution in [2.45, 2.75) is 136 Å². The second-order valence-corrected chi connectivity index (χ2v) is 26.5. The molecule has 2 aliphatic rings. The van der Waals surface area contributed by atoms with Crippen LogP contribution in [-0.2, 0) is 10.3 Å². The molecule has 5 nitrogen and oxygen atoms in total. The van der Waals surface area contributed by atoms with E-state index in [-0.39, 0.29) is 5.97 Å². The zero-order valence-corrected chi connectivity index (χ0v) is 33.1. The van der Waals surface area contributed by atoms with Crippen LogP contribution >= 0.6 is 0 Å². The largest absolute Gasteiger partial charge is 0.543 e. The number of benzene rings is 3. The van der Waals surface area contributed by atoms with Gasteiger partial charge in [0.1, 0.15) is 23.0 Å². The summed E-state index contributed by atoms with van der Waals surface area (Å²) in [6, 6.07) is 16.4. The molecule has 47 heavy (non-hydrogen) atoms. The Labute approximate surface area is 285 Å². The van der Waals surface area contributed by atoms with E-state index >= 15 is 0 Å². The normalized spacial score (nSPS) is 15.4. The molecule has 2 aliphatic heterocycles. The molecule has 0 aromatic heterocycles. The molecule has 0 aliphatic carbocycles. The quantitative estimate of drug-likeness (QED) is 0.158. The first-order valence-electron chi connectivity index (χ1n) is 17.6. The fraction of sp³-hybridized carbons (Fsp3) is 0.525. The summed E-state index contributed by atoms with van der Waals surface area (Å²) in [5, 5.41) is 0. The third-order valence-electron chi connectivity index (χ3n) is 11.5. The smallest absolute Gasteiger partial charge is 0.340 e. The maximum absolute atomic E-state index is 13.8. The molecule has 0 saturated carbocycles. The Morgan fingerprint density at radius 1 is 0.574 bits per heavy atom. The first kappa shape index (κ1) is 35.3. The predicted molar refractivity (Wildman–Crippen MR) is 198 cm³/mol. The molecule has 0 fully saturated rings. The van der Waals surface area contributed by atoms with Gasteiger partial charge in [-0.3, -0.25) is 0 Å². The minimum absolute atomic E-state index is 0.308. The number of rotatable bonds is 10. The van der Waals surface area contributed by atoms with Gasteiger partial charge < -0.3 is 18.3 Å². The van der Waals surface area contributed by atoms with E-state index < -0.39 is 22.2 Å². The first-order chi connectivity index (χ1) is 21.9. The second-order valence-electron chi connectivity index (χ2n) is 15.8. The van der Waals surface area contributed by atoms with E-state index in [4.69, 9.17) is 18.3 Å². The molecule has 0 N–H and O–H groups in total. The summed E-state index contributed by atoms with van der Waals surface area (Å²) >= 11 is 0. The van der Waals surface area contributed by atoms with Crippen LogP contribution in [0.4, 0.5) is 0 Å². The van der Waals surface area contributed by atoms with E-state index in [0.29, 0.717) is 50.3 Å². The predicted octanol–water partition coefficient (Wildman–Crippen LogP) is 12.0. The van der Waals surface area contributed by atoms with E-state index in [9.17, 15) is 4.79 Å². The molecule has 5 rings (SSSR count). The molecule has 0 saturated heterocycles. The van der Waals surface area contributed by atoms with Crippen LogP contribution in [0.1, 0.15) is 121 Å². The topological polar surface area (TPSA) is 54.0 Å². The molecule has 0 amide bonds. The number of hydrogen-bond donors (Lipinski definition) is 0. The molecule has 254 valence electrons. The summed E-state index contributed by atoms with van der Waals surface area (Å²) in [4.78, 5) is 13.8. The van der Waals surface area contributed by atoms with Crippen molar-refractivity contribution in [2.75, 3.05) is 0 Å². The molecule has 1 spiro atoms. The second kappa shape index (κ2) is 12.4. The SMILES string of the molecule is Cc1ccc2c(c1C)C(=O)OC21c2ccc(O[Si](C(C)C)(C(C)C)C(C)C)cc2Oc2cc(O[Si](C(C)C)(C(C)C)C(C)C)ccc21. The average Bonchev–Trinajstić information content (AvgIpc) is 3.27. The summed E-state index contributed by atoms with van der Waals surface area (Å²) in [7, 11) is -4.46. The van der Waals surface area contributed by atoms with Crippen molar-refractivity contribution in [3.05, 3.63) is 81.9 Å². The lowest BCUT2D eigenvalue weighted by Gasteiger charge is -2.43. The Bertz CT molecular complexity index is 1540. The van der Waals surface area contributed by atoms with Crippen molar-refractivity contribution < 1.29 is 23.1 Å². The van der Waals surface area contributed by atoms with E-state index in [1.807, 2.05) is 50.2 Å². The standard InChI is InChI=1S/C40H56O5Si2/c1-23(2)46(24(3)4,25(5)6)44-31-16-19-33-36(21-31)42-37-22-32(45-47(26(7)8,27(9)10)28(11)12)17-20-34(37)40(33)35-18-15-29(13)30(14)38(35)39(41)43-40/h15-28H,1-14H3. The van der Waals surface area contributed by atoms with Gasteiger partial charge in [-0.15, -0.1) is 0 Å². The summed E-state index contributed by atoms with van der Waals surface area (Å²) in [5.74, 6) is 2.58. The lowest BCUT2D eigenvalue weighted by atomic mass is 9.76. The molecule has 0 bridgehead atoms. The summed E-state index contributed by atoms with van der Waals surface area (Å²) in [6.45, 7) is 31.6. The van der Waals surface area contributed by atoms with E-state index in [0.717, 1.165) is 39.3 Å². The van der Waals surface area contributed by atoms with Crippen LogP contribution in [0.2, 0.25) is 33.2 Å². The van der Waals surface area contributed by atoms with Crippen LogP contribution in [-0.4, -0.2) is 22.6 Å². The minimum Gasteiger partial charge on any atom is -0.543 e. The Kier molecular flexibility index (Phi) is 9.34. The van der Waals surface area contributed by atoms with Crippen LogP contribution in [0.15, 0.2) is 48.5 Å². The Morgan fingerprint density at radius 3 is 1.34 bits per heavy atom. The van der Waals surface area contributed by atoms with E-state index in [1.165, 1.54) is 0 Å². The van der Waals surface area contributed by atoms with Crippen molar-refractivity contribution >= 4 is 22.6 Å². The van der Waals surface area contributed by atoms with Gasteiger partial charge >= 0.3 is 5.97 Å². The molecule has 0 atom stereocenters. The fourth-order valence-corrected chi connectivity index (χ4v) is 19.8. The summed E-state index contributed by atoms with van der Waals surface area (Å²) < 4.78 is 27.6. The summed E-state index contributed by atoms with van der Waals surface area (Å²) in [6.07, 6.45) is 0. The average molecular weight is 673 g/mol. The number of fused-ring (bicyclic) bond motifs is 6. The van der Waals surface area contributed by atoms with Gasteiger partial charge in [0.05, 0.1) is 5.56 Å². The lowest BCUT2D eigenvalue weighted by molar-refractivity contribution is 0.0224. The number of hydrogen-bond acceptors (Lipinski definition) is 5. The van der Waals surface area contributed by atoms with E-state index in [2.05, 4.69) is 95.2 Å². The van der Waals surface area contributed by atoms with Gasteiger partial charge in [0.2, 0.25) is 0 Å². The highest BCUT2D eigenvalue weighted by molar-refractivity contribution is 6.78. The monoisotopic (exact) mass is 672 g/mol. The van der Waals surface area contributed by atoms with Crippen LogP contribution in [0.5, 0.6) is 23.0 Å². The Morgan fingerprint density at radius 2 is 0.957 bits per heavy atom. The molecule has 0 unspecified atom stereocenters. The highest BCUT2D eigenvalue weighted by atomic mass is 28.4. The number of carbonyl (C=O) groups is 1. The van der Waals surface area contributed by atoms with Gasteiger partial charge in [0.25, 0.3) is 16.6 Å². The molecule has 7 heteroatoms. The van der Waals surface area contributed by atoms with Gasteiger partial charge in [0.15, 0.2) is 5.60 Å². The van der Waals surface area contributed by atoms with Crippen molar-refractivity contribution in [2.24, 2.45) is 0 Å². The van der Waals surface area contributed by atoms with Crippen molar-refractivity contribution in [1.29, 1.82) is 0 Å². The molecule has 0 radical (unpaired) electrons. The summed E-state index contributed by atoms with van der Waals surface area (Å²) in [5.41, 5.74) is 6.51. The van der Waals surface area contributed by atoms with Crippen molar-refractivity contribution in [3.8, 4) is 23.0 Å². The first-order valence-corrected chi connectivity index (χ1v) is 21.9. The van der Waals surface area contributed by atoms with Crippen LogP contribution in [0.25, 0.3) is 0 Å². The van der Waals surface area contributed by atoms with Gasteiger partial charge in [-0.05, 0) is 82.5 Å². The van der Waals surface area contributed by atoms with E-state index in [1.54, 1.807) is 0 Å². The minimum atomic E-state index is -2.23. The van der Waals surface area contributed by atoms with Crippen molar-refractivity contribution in [3.63, 3.8) is 0 Å². The third-order valence-corrected chi connectivity index (χ3v) is 23.5. The van der Waals surface area contributed by atoms with Gasteiger partial charge in [-0.1, -0.05) is 95.2 Å². The lowest BCUT2D eigenvalue weighted by Crippen LogP contribution is -2.50. The Hall–Kier alpha value is -3.04. The Balaban J connectivity index is 1.73. The third kappa shape index (κ3) is 5.27. The van der Waals surface area contributed by atoms with Crippen LogP contribution in [0, 0.1) is 13.8 Å². The van der Waals surface area contributed by atoms with Gasteiger partial charge in [-0.25, -0.2) is 4.79 Å². The molecular formula is C40H56O5Si2. The number of aryl methyl sites for hydroxylation is 1. The van der Waals surface area contributed by atoms with Crippen LogP contribution in [0.3, 0.4) is 0 Å². The highest BCUT2D eigenvalue weighted by Crippen LogP contribution is 2.58. The molecule has 3 aromatic rings. The fourth-order valence-electron chi connectivity index (χ4n) is 9.28. The zero-order chi connectivity index (χ0) is 34.8. The molecule has 3 aromatic carbocycles. The molecule has 2 heterocycles. The van der Waals surface area contributed by atoms with Gasteiger partial charge in [-0.2, -0.15) is 0 Å². The highest BCUT2D eigenvalue weighted by Gasteiger charge is 2.55. The maximum Gasteiger partial charge on any atom is 0.340 e. The maximum atomic E-state index is 13.8. The number of esters is 1. The molecular weight excluding hydrogens is 617 g/mol. The van der Waals surface area contributed by atoms with Gasteiger partial charge in [0, 0.05) is 28.8 Å².